The fraction of sp³-hybridized carbons (Fsp3) is 0.300. The van der Waals surface area contributed by atoms with Gasteiger partial charge in [-0.1, -0.05) is 17.7 Å². The van der Waals surface area contributed by atoms with Gasteiger partial charge in [-0.3, -0.25) is 4.79 Å². The van der Waals surface area contributed by atoms with Gasteiger partial charge in [0.1, 0.15) is 16.1 Å². The highest BCUT2D eigenvalue weighted by Gasteiger charge is 2.39. The summed E-state index contributed by atoms with van der Waals surface area (Å²) in [6.07, 6.45) is -0.467. The van der Waals surface area contributed by atoms with Crippen LogP contribution in [0.4, 0.5) is 14.0 Å². The minimum absolute atomic E-state index is 0.0489. The Morgan fingerprint density at radius 1 is 1.39 bits per heavy atom. The number of carbonyl (C=O) groups excluding carboxylic acids is 1. The Morgan fingerprint density at radius 3 is 2.61 bits per heavy atom. The Kier molecular flexibility index (Phi) is 3.29. The van der Waals surface area contributed by atoms with Crippen LogP contribution in [0.15, 0.2) is 18.2 Å². The second kappa shape index (κ2) is 4.47. The van der Waals surface area contributed by atoms with Crippen molar-refractivity contribution >= 4 is 33.4 Å². The van der Waals surface area contributed by atoms with E-state index in [1.807, 2.05) is 0 Å². The molecule has 0 aromatic heterocycles. The third-order valence-electron chi connectivity index (χ3n) is 2.71. The van der Waals surface area contributed by atoms with Crippen LogP contribution in [0.5, 0.6) is 0 Å². The Labute approximate surface area is 107 Å². The van der Waals surface area contributed by atoms with Gasteiger partial charge in [0.05, 0.1) is 5.69 Å². The molecular formula is C10H8ClF2NO3S. The van der Waals surface area contributed by atoms with Gasteiger partial charge in [-0.2, -0.15) is 8.42 Å². The van der Waals surface area contributed by atoms with Crippen LogP contribution in [0.25, 0.3) is 0 Å². The highest BCUT2D eigenvalue weighted by Crippen LogP contribution is 2.32. The van der Waals surface area contributed by atoms with Crippen LogP contribution in [0.2, 0.25) is 5.02 Å². The summed E-state index contributed by atoms with van der Waals surface area (Å²) in [6, 6.07) is 3.81. The van der Waals surface area contributed by atoms with E-state index in [2.05, 4.69) is 0 Å². The van der Waals surface area contributed by atoms with Gasteiger partial charge >= 0.3 is 10.2 Å². The van der Waals surface area contributed by atoms with E-state index in [0.717, 1.165) is 11.0 Å². The molecule has 0 radical (unpaired) electrons. The van der Waals surface area contributed by atoms with Crippen LogP contribution in [0, 0.1) is 5.82 Å². The Balaban J connectivity index is 2.36. The SMILES string of the molecule is O=C1CC(S(=O)(=O)F)CN1c1cccc(F)c1Cl. The molecule has 0 spiro atoms. The molecule has 1 aromatic carbocycles. The highest BCUT2D eigenvalue weighted by molar-refractivity contribution is 7.87. The van der Waals surface area contributed by atoms with Crippen molar-refractivity contribution in [2.24, 2.45) is 0 Å². The number of halogens is 3. The van der Waals surface area contributed by atoms with Crippen LogP contribution in [0.3, 0.4) is 0 Å². The van der Waals surface area contributed by atoms with Crippen LogP contribution < -0.4 is 4.90 Å². The number of anilines is 1. The third kappa shape index (κ3) is 2.32. The van der Waals surface area contributed by atoms with Gasteiger partial charge in [0.2, 0.25) is 5.91 Å². The monoisotopic (exact) mass is 295 g/mol. The van der Waals surface area contributed by atoms with E-state index in [1.165, 1.54) is 12.1 Å². The fourth-order valence-electron chi connectivity index (χ4n) is 1.80. The standard InChI is InChI=1S/C10H8ClF2NO3S/c11-10-7(12)2-1-3-8(10)14-5-6(4-9(14)15)18(13,16)17/h1-3,6H,4-5H2. The predicted molar refractivity (Wildman–Crippen MR) is 62.2 cm³/mol. The molecule has 1 aliphatic rings. The number of benzene rings is 1. The molecule has 1 heterocycles. The summed E-state index contributed by atoms with van der Waals surface area (Å²) in [6.45, 7) is -0.360. The normalized spacial score (nSPS) is 20.5. The summed E-state index contributed by atoms with van der Waals surface area (Å²) in [5.41, 5.74) is 0.0489. The molecule has 0 saturated carbocycles. The molecule has 1 saturated heterocycles. The van der Waals surface area contributed by atoms with Crippen molar-refractivity contribution in [3.05, 3.63) is 29.0 Å². The maximum atomic E-state index is 13.2. The minimum atomic E-state index is -4.80. The second-order valence-electron chi connectivity index (χ2n) is 3.88. The predicted octanol–water partition coefficient (Wildman–Crippen LogP) is 1.88. The van der Waals surface area contributed by atoms with Gasteiger partial charge in [0, 0.05) is 13.0 Å². The highest BCUT2D eigenvalue weighted by atomic mass is 35.5. The van der Waals surface area contributed by atoms with Crippen molar-refractivity contribution in [3.8, 4) is 0 Å². The van der Waals surface area contributed by atoms with Crippen LogP contribution in [-0.4, -0.2) is 26.1 Å². The molecule has 2 rings (SSSR count). The van der Waals surface area contributed by atoms with E-state index in [0.29, 0.717) is 0 Å². The van der Waals surface area contributed by atoms with Crippen molar-refractivity contribution in [1.29, 1.82) is 0 Å². The lowest BCUT2D eigenvalue weighted by molar-refractivity contribution is -0.117. The minimum Gasteiger partial charge on any atom is -0.309 e. The molecule has 0 N–H and O–H groups in total. The molecule has 0 bridgehead atoms. The number of rotatable bonds is 2. The third-order valence-corrected chi connectivity index (χ3v) is 4.20. The van der Waals surface area contributed by atoms with E-state index in [4.69, 9.17) is 11.6 Å². The molecule has 18 heavy (non-hydrogen) atoms. The van der Waals surface area contributed by atoms with E-state index < -0.39 is 33.6 Å². The van der Waals surface area contributed by atoms with Gasteiger partial charge in [-0.05, 0) is 12.1 Å². The fourth-order valence-corrected chi connectivity index (χ4v) is 2.69. The first-order chi connectivity index (χ1) is 8.30. The van der Waals surface area contributed by atoms with Crippen molar-refractivity contribution in [2.45, 2.75) is 11.7 Å². The van der Waals surface area contributed by atoms with E-state index in [-0.39, 0.29) is 17.3 Å². The zero-order valence-corrected chi connectivity index (χ0v) is 10.5. The zero-order chi connectivity index (χ0) is 13.5. The van der Waals surface area contributed by atoms with Gasteiger partial charge in [0.25, 0.3) is 0 Å². The molecule has 1 unspecified atom stereocenters. The molecule has 4 nitrogen and oxygen atoms in total. The van der Waals surface area contributed by atoms with Crippen molar-refractivity contribution in [3.63, 3.8) is 0 Å². The lowest BCUT2D eigenvalue weighted by Crippen LogP contribution is -2.27. The number of amides is 1. The zero-order valence-electron chi connectivity index (χ0n) is 8.94. The average Bonchev–Trinajstić information content (AvgIpc) is 2.64. The summed E-state index contributed by atoms with van der Waals surface area (Å²) in [7, 11) is -4.80. The Morgan fingerprint density at radius 2 is 2.06 bits per heavy atom. The lowest BCUT2D eigenvalue weighted by atomic mass is 10.3. The Bertz CT molecular complexity index is 605. The molecule has 1 aromatic rings. The van der Waals surface area contributed by atoms with Gasteiger partial charge in [0.15, 0.2) is 0 Å². The maximum Gasteiger partial charge on any atom is 0.307 e. The Hall–Kier alpha value is -1.21. The first kappa shape index (κ1) is 13.2. The molecule has 1 atom stereocenters. The van der Waals surface area contributed by atoms with Crippen LogP contribution >= 0.6 is 11.6 Å². The van der Waals surface area contributed by atoms with E-state index in [9.17, 15) is 21.5 Å². The topological polar surface area (TPSA) is 54.5 Å². The molecule has 98 valence electrons. The molecular weight excluding hydrogens is 288 g/mol. The molecule has 1 fully saturated rings. The molecule has 1 aliphatic heterocycles. The van der Waals surface area contributed by atoms with Crippen molar-refractivity contribution < 1.29 is 21.5 Å². The van der Waals surface area contributed by atoms with E-state index in [1.54, 1.807) is 0 Å². The van der Waals surface area contributed by atoms with Crippen molar-refractivity contribution in [1.82, 2.24) is 0 Å². The van der Waals surface area contributed by atoms with Crippen LogP contribution in [-0.2, 0) is 15.0 Å². The summed E-state index contributed by atoms with van der Waals surface area (Å²) < 4.78 is 47.6. The smallest absolute Gasteiger partial charge is 0.307 e. The number of carbonyl (C=O) groups is 1. The number of nitrogens with zero attached hydrogens (tertiary/aromatic N) is 1. The first-order valence-corrected chi connectivity index (χ1v) is 6.81. The quantitative estimate of drug-likeness (QED) is 0.783. The van der Waals surface area contributed by atoms with Crippen LogP contribution in [0.1, 0.15) is 6.42 Å². The summed E-state index contributed by atoms with van der Waals surface area (Å²) in [4.78, 5) is 12.6. The van der Waals surface area contributed by atoms with Gasteiger partial charge < -0.3 is 4.90 Å². The molecule has 0 aliphatic carbocycles. The van der Waals surface area contributed by atoms with E-state index >= 15 is 0 Å². The largest absolute Gasteiger partial charge is 0.309 e. The maximum absolute atomic E-state index is 13.2. The number of hydrogen-bond donors (Lipinski definition) is 0. The molecule has 8 heteroatoms. The summed E-state index contributed by atoms with van der Waals surface area (Å²) in [5, 5.41) is -1.72. The second-order valence-corrected chi connectivity index (χ2v) is 5.87. The molecule has 1 amide bonds. The average molecular weight is 296 g/mol. The summed E-state index contributed by atoms with van der Waals surface area (Å²) in [5.74, 6) is -1.33. The van der Waals surface area contributed by atoms with Crippen molar-refractivity contribution in [2.75, 3.05) is 11.4 Å². The lowest BCUT2D eigenvalue weighted by Gasteiger charge is -2.17. The van der Waals surface area contributed by atoms with Gasteiger partial charge in [-0.25, -0.2) is 4.39 Å². The number of hydrogen-bond acceptors (Lipinski definition) is 3. The summed E-state index contributed by atoms with van der Waals surface area (Å²) >= 11 is 5.69. The first-order valence-electron chi connectivity index (χ1n) is 4.98. The van der Waals surface area contributed by atoms with Gasteiger partial charge in [-0.15, -0.1) is 3.89 Å².